The van der Waals surface area contributed by atoms with Gasteiger partial charge in [0.2, 0.25) is 0 Å². The number of nitrogen functional groups attached to an aromatic ring is 1. The molecule has 6 nitrogen and oxygen atoms in total. The van der Waals surface area contributed by atoms with E-state index < -0.39 is 0 Å². The number of hydrogen-bond acceptors (Lipinski definition) is 4. The van der Waals surface area contributed by atoms with E-state index in [1.165, 1.54) is 12.1 Å². The van der Waals surface area contributed by atoms with Crippen molar-refractivity contribution in [2.24, 2.45) is 0 Å². The summed E-state index contributed by atoms with van der Waals surface area (Å²) in [6.45, 7) is 0. The highest BCUT2D eigenvalue weighted by molar-refractivity contribution is 5.95. The van der Waals surface area contributed by atoms with Crippen molar-refractivity contribution in [2.75, 3.05) is 5.73 Å². The van der Waals surface area contributed by atoms with Crippen LogP contribution in [0.15, 0.2) is 48.9 Å². The number of nitrogens with zero attached hydrogens (tertiary/aromatic N) is 4. The van der Waals surface area contributed by atoms with Gasteiger partial charge in [-0.3, -0.25) is 0 Å². The molecule has 1 aromatic carbocycles. The van der Waals surface area contributed by atoms with Crippen LogP contribution >= 0.6 is 0 Å². The Bertz CT molecular complexity index is 954. The van der Waals surface area contributed by atoms with Crippen molar-refractivity contribution in [2.45, 2.75) is 0 Å². The minimum Gasteiger partial charge on any atom is -0.382 e. The molecule has 0 unspecified atom stereocenters. The first-order chi connectivity index (χ1) is 10.7. The molecule has 22 heavy (non-hydrogen) atoms. The SMILES string of the molecule is Nc1ccc(-n2cc(-c3c[nH]c4cc(F)ccc34)cn2)nn1. The van der Waals surface area contributed by atoms with Gasteiger partial charge in [0, 0.05) is 34.4 Å². The topological polar surface area (TPSA) is 85.4 Å². The zero-order valence-corrected chi connectivity index (χ0v) is 11.4. The fourth-order valence-corrected chi connectivity index (χ4v) is 2.38. The Morgan fingerprint density at radius 3 is 2.86 bits per heavy atom. The molecule has 0 spiro atoms. The number of anilines is 1. The van der Waals surface area contributed by atoms with E-state index in [2.05, 4.69) is 20.3 Å². The zero-order valence-electron chi connectivity index (χ0n) is 11.4. The van der Waals surface area contributed by atoms with Crippen LogP contribution in [-0.4, -0.2) is 25.0 Å². The highest BCUT2D eigenvalue weighted by Crippen LogP contribution is 2.29. The molecular weight excluding hydrogens is 283 g/mol. The monoisotopic (exact) mass is 294 g/mol. The van der Waals surface area contributed by atoms with Gasteiger partial charge >= 0.3 is 0 Å². The number of benzene rings is 1. The van der Waals surface area contributed by atoms with E-state index in [9.17, 15) is 4.39 Å². The quantitative estimate of drug-likeness (QED) is 0.595. The number of aromatic nitrogens is 5. The van der Waals surface area contributed by atoms with Crippen LogP contribution in [0.5, 0.6) is 0 Å². The van der Waals surface area contributed by atoms with Crippen molar-refractivity contribution < 1.29 is 4.39 Å². The van der Waals surface area contributed by atoms with Crippen molar-refractivity contribution in [1.82, 2.24) is 25.0 Å². The second-order valence-corrected chi connectivity index (χ2v) is 4.88. The van der Waals surface area contributed by atoms with E-state index in [1.807, 2.05) is 12.4 Å². The zero-order chi connectivity index (χ0) is 15.1. The van der Waals surface area contributed by atoms with Crippen LogP contribution < -0.4 is 5.73 Å². The molecule has 0 saturated carbocycles. The van der Waals surface area contributed by atoms with Crippen molar-refractivity contribution in [3.05, 3.63) is 54.7 Å². The molecule has 0 aliphatic carbocycles. The molecule has 3 N–H and O–H groups in total. The third kappa shape index (κ3) is 1.99. The smallest absolute Gasteiger partial charge is 0.175 e. The van der Waals surface area contributed by atoms with E-state index >= 15 is 0 Å². The number of nitrogens with one attached hydrogen (secondary N) is 1. The molecule has 3 heterocycles. The van der Waals surface area contributed by atoms with Crippen molar-refractivity contribution in [1.29, 1.82) is 0 Å². The minimum absolute atomic E-state index is 0.270. The summed E-state index contributed by atoms with van der Waals surface area (Å²) < 4.78 is 14.9. The Balaban J connectivity index is 1.78. The molecule has 4 aromatic rings. The van der Waals surface area contributed by atoms with Crippen LogP contribution in [0.1, 0.15) is 0 Å². The fourth-order valence-electron chi connectivity index (χ4n) is 2.38. The van der Waals surface area contributed by atoms with Crippen LogP contribution in [0, 0.1) is 5.82 Å². The largest absolute Gasteiger partial charge is 0.382 e. The molecule has 0 radical (unpaired) electrons. The lowest BCUT2D eigenvalue weighted by molar-refractivity contribution is 0.629. The summed E-state index contributed by atoms with van der Waals surface area (Å²) in [6.07, 6.45) is 5.40. The van der Waals surface area contributed by atoms with E-state index in [4.69, 9.17) is 5.73 Å². The molecule has 0 atom stereocenters. The summed E-state index contributed by atoms with van der Waals surface area (Å²) in [5, 5.41) is 13.0. The van der Waals surface area contributed by atoms with E-state index in [0.29, 0.717) is 11.6 Å². The Hall–Kier alpha value is -3.22. The first-order valence-corrected chi connectivity index (χ1v) is 6.62. The maximum absolute atomic E-state index is 13.2. The summed E-state index contributed by atoms with van der Waals surface area (Å²) in [5.41, 5.74) is 8.12. The number of H-pyrrole nitrogens is 1. The van der Waals surface area contributed by atoms with Gasteiger partial charge in [0.15, 0.2) is 5.82 Å². The van der Waals surface area contributed by atoms with Crippen LogP contribution in [0.4, 0.5) is 10.2 Å². The third-order valence-electron chi connectivity index (χ3n) is 3.44. The lowest BCUT2D eigenvalue weighted by atomic mass is 10.1. The first kappa shape index (κ1) is 12.5. The van der Waals surface area contributed by atoms with Crippen molar-refractivity contribution >= 4 is 16.7 Å². The van der Waals surface area contributed by atoms with Gasteiger partial charge in [0.1, 0.15) is 11.6 Å². The van der Waals surface area contributed by atoms with Crippen molar-refractivity contribution in [3.8, 4) is 16.9 Å². The lowest BCUT2D eigenvalue weighted by Crippen LogP contribution is -2.01. The number of hydrogen-bond donors (Lipinski definition) is 2. The number of aromatic amines is 1. The predicted molar refractivity (Wildman–Crippen MR) is 80.8 cm³/mol. The summed E-state index contributed by atoms with van der Waals surface area (Å²) in [4.78, 5) is 3.06. The van der Waals surface area contributed by atoms with Crippen LogP contribution in [0.2, 0.25) is 0 Å². The highest BCUT2D eigenvalue weighted by atomic mass is 19.1. The second-order valence-electron chi connectivity index (χ2n) is 4.88. The minimum atomic E-state index is -0.270. The average Bonchev–Trinajstić information content (AvgIpc) is 3.13. The molecule has 0 aliphatic rings. The molecule has 0 aliphatic heterocycles. The predicted octanol–water partition coefficient (Wildman–Crippen LogP) is 2.53. The molecule has 0 saturated heterocycles. The van der Waals surface area contributed by atoms with E-state index in [1.54, 1.807) is 29.1 Å². The van der Waals surface area contributed by atoms with Gasteiger partial charge in [0.25, 0.3) is 0 Å². The molecule has 7 heteroatoms. The molecule has 108 valence electrons. The number of fused-ring (bicyclic) bond motifs is 1. The molecule has 0 amide bonds. The van der Waals surface area contributed by atoms with Gasteiger partial charge in [0.05, 0.1) is 6.20 Å². The molecule has 3 aromatic heterocycles. The molecule has 0 bridgehead atoms. The standard InChI is InChI=1S/C15H11FN6/c16-10-1-2-11-12(7-18-13(11)5-10)9-6-19-22(8-9)15-4-3-14(17)20-21-15/h1-8,18H,(H2,17,20). The van der Waals surface area contributed by atoms with Crippen LogP contribution in [0.3, 0.4) is 0 Å². The summed E-state index contributed by atoms with van der Waals surface area (Å²) in [5.74, 6) is 0.662. The van der Waals surface area contributed by atoms with Gasteiger partial charge < -0.3 is 10.7 Å². The molecule has 4 rings (SSSR count). The number of rotatable bonds is 2. The van der Waals surface area contributed by atoms with Gasteiger partial charge in [-0.25, -0.2) is 9.07 Å². The Morgan fingerprint density at radius 1 is 1.14 bits per heavy atom. The maximum atomic E-state index is 13.2. The average molecular weight is 294 g/mol. The fraction of sp³-hybridized carbons (Fsp3) is 0. The first-order valence-electron chi connectivity index (χ1n) is 6.62. The number of nitrogens with two attached hydrogens (primary N) is 1. The van der Waals surface area contributed by atoms with Gasteiger partial charge in [-0.15, -0.1) is 10.2 Å². The van der Waals surface area contributed by atoms with Crippen molar-refractivity contribution in [3.63, 3.8) is 0 Å². The highest BCUT2D eigenvalue weighted by Gasteiger charge is 2.10. The van der Waals surface area contributed by atoms with Crippen LogP contribution in [-0.2, 0) is 0 Å². The van der Waals surface area contributed by atoms with E-state index in [-0.39, 0.29) is 5.82 Å². The lowest BCUT2D eigenvalue weighted by Gasteiger charge is -1.98. The summed E-state index contributed by atoms with van der Waals surface area (Å²) in [6, 6.07) is 8.06. The Labute approximate surface area is 124 Å². The maximum Gasteiger partial charge on any atom is 0.175 e. The normalized spacial score (nSPS) is 11.1. The van der Waals surface area contributed by atoms with Gasteiger partial charge in [-0.1, -0.05) is 0 Å². The van der Waals surface area contributed by atoms with Gasteiger partial charge in [-0.2, -0.15) is 5.10 Å². The summed E-state index contributed by atoms with van der Waals surface area (Å²) in [7, 11) is 0. The van der Waals surface area contributed by atoms with E-state index in [0.717, 1.165) is 22.0 Å². The van der Waals surface area contributed by atoms with Crippen LogP contribution in [0.25, 0.3) is 27.8 Å². The summed E-state index contributed by atoms with van der Waals surface area (Å²) >= 11 is 0. The Kier molecular flexibility index (Phi) is 2.65. The molecular formula is C15H11FN6. The number of halogens is 1. The van der Waals surface area contributed by atoms with Gasteiger partial charge in [-0.05, 0) is 30.3 Å². The second kappa shape index (κ2) is 4.66. The molecule has 0 fully saturated rings. The third-order valence-corrected chi connectivity index (χ3v) is 3.44. The Morgan fingerprint density at radius 2 is 2.05 bits per heavy atom.